The highest BCUT2D eigenvalue weighted by Gasteiger charge is 2.55. The van der Waals surface area contributed by atoms with Crippen LogP contribution < -0.4 is 10.3 Å². The quantitative estimate of drug-likeness (QED) is 0.580. The lowest BCUT2D eigenvalue weighted by Gasteiger charge is -2.40. The van der Waals surface area contributed by atoms with Gasteiger partial charge < -0.3 is 14.2 Å². The number of ether oxygens (including phenoxy) is 3. The summed E-state index contributed by atoms with van der Waals surface area (Å²) in [5.74, 6) is 0.334. The smallest absolute Gasteiger partial charge is 0.258 e. The summed E-state index contributed by atoms with van der Waals surface area (Å²) in [7, 11) is 1.67. The van der Waals surface area contributed by atoms with Gasteiger partial charge >= 0.3 is 0 Å². The highest BCUT2D eigenvalue weighted by molar-refractivity contribution is 8.00. The van der Waals surface area contributed by atoms with E-state index < -0.39 is 5.79 Å². The average molecular weight is 437 g/mol. The molecule has 1 aromatic heterocycles. The van der Waals surface area contributed by atoms with Crippen LogP contribution in [0.25, 0.3) is 10.8 Å². The van der Waals surface area contributed by atoms with Crippen molar-refractivity contribution in [3.63, 3.8) is 0 Å². The molecule has 0 N–H and O–H groups in total. The maximum absolute atomic E-state index is 13.6. The van der Waals surface area contributed by atoms with Crippen LogP contribution in [-0.2, 0) is 16.0 Å². The highest BCUT2D eigenvalue weighted by atomic mass is 32.2. The van der Waals surface area contributed by atoms with E-state index in [4.69, 9.17) is 19.2 Å². The van der Waals surface area contributed by atoms with Gasteiger partial charge in [-0.05, 0) is 29.7 Å². The molecule has 2 aliphatic heterocycles. The van der Waals surface area contributed by atoms with Crippen LogP contribution in [0.1, 0.15) is 36.3 Å². The maximum Gasteiger partial charge on any atom is 0.258 e. The molecule has 3 aromatic rings. The van der Waals surface area contributed by atoms with Crippen molar-refractivity contribution in [2.75, 3.05) is 20.3 Å². The van der Waals surface area contributed by atoms with E-state index in [1.54, 1.807) is 29.8 Å². The second kappa shape index (κ2) is 7.36. The number of aromatic nitrogens is 2. The molecule has 0 amide bonds. The Kier molecular flexibility index (Phi) is 4.59. The first-order valence-electron chi connectivity index (χ1n) is 10.8. The Bertz CT molecular complexity index is 1220. The third-order valence-corrected chi connectivity index (χ3v) is 8.30. The van der Waals surface area contributed by atoms with Crippen molar-refractivity contribution in [3.05, 3.63) is 64.2 Å². The Balaban J connectivity index is 1.42. The summed E-state index contributed by atoms with van der Waals surface area (Å²) in [4.78, 5) is 18.4. The van der Waals surface area contributed by atoms with Gasteiger partial charge in [0.05, 0.1) is 44.0 Å². The first-order chi connectivity index (χ1) is 15.2. The molecule has 2 atom stereocenters. The van der Waals surface area contributed by atoms with Crippen LogP contribution in [0.5, 0.6) is 5.75 Å². The number of hydrogen-bond donors (Lipinski definition) is 0. The van der Waals surface area contributed by atoms with E-state index in [2.05, 4.69) is 12.1 Å². The van der Waals surface area contributed by atoms with Gasteiger partial charge in [-0.25, -0.2) is 4.98 Å². The van der Waals surface area contributed by atoms with Crippen molar-refractivity contribution in [2.45, 2.75) is 47.8 Å². The SMILES string of the molecule is COc1ccc2ccccc2c1Cn1cnc2c(c1=O)C1CCCC3(OCCO3)C1S2. The molecule has 6 nitrogen and oxygen atoms in total. The van der Waals surface area contributed by atoms with E-state index in [1.807, 2.05) is 24.3 Å². The van der Waals surface area contributed by atoms with Gasteiger partial charge in [0.15, 0.2) is 5.79 Å². The standard InChI is InChI=1S/C24H24N2O4S/c1-28-19-9-8-15-5-2-3-6-16(15)18(19)13-26-14-25-22-20(23(26)27)17-7-4-10-24(21(17)31-22)29-11-12-30-24/h2-3,5-6,8-9,14,17,21H,4,7,10-13H2,1H3. The summed E-state index contributed by atoms with van der Waals surface area (Å²) < 4.78 is 19.5. The summed E-state index contributed by atoms with van der Waals surface area (Å²) in [5, 5.41) is 3.15. The lowest BCUT2D eigenvalue weighted by atomic mass is 9.81. The zero-order valence-electron chi connectivity index (χ0n) is 17.4. The van der Waals surface area contributed by atoms with Crippen LogP contribution in [0.3, 0.4) is 0 Å². The molecule has 31 heavy (non-hydrogen) atoms. The predicted molar refractivity (Wildman–Crippen MR) is 119 cm³/mol. The molecule has 0 bridgehead atoms. The van der Waals surface area contributed by atoms with Crippen molar-refractivity contribution in [3.8, 4) is 5.75 Å². The molecule has 2 unspecified atom stereocenters. The second-order valence-corrected chi connectivity index (χ2v) is 9.54. The van der Waals surface area contributed by atoms with Gasteiger partial charge in [0.25, 0.3) is 5.56 Å². The number of methoxy groups -OCH3 is 1. The molecule has 0 radical (unpaired) electrons. The lowest BCUT2D eigenvalue weighted by molar-refractivity contribution is -0.174. The van der Waals surface area contributed by atoms with Crippen LogP contribution in [0.4, 0.5) is 0 Å². The number of benzene rings is 2. The van der Waals surface area contributed by atoms with Crippen molar-refractivity contribution in [2.24, 2.45) is 0 Å². The van der Waals surface area contributed by atoms with E-state index in [1.165, 1.54) is 0 Å². The van der Waals surface area contributed by atoms with Crippen LogP contribution in [0.2, 0.25) is 0 Å². The molecule has 3 aliphatic rings. The molecule has 7 heteroatoms. The Labute approximate surface area is 184 Å². The fourth-order valence-electron chi connectivity index (χ4n) is 5.39. The highest BCUT2D eigenvalue weighted by Crippen LogP contribution is 2.55. The average Bonchev–Trinajstić information content (AvgIpc) is 3.42. The monoisotopic (exact) mass is 436 g/mol. The number of nitrogens with zero attached hydrogens (tertiary/aromatic N) is 2. The van der Waals surface area contributed by atoms with E-state index >= 15 is 0 Å². The van der Waals surface area contributed by atoms with Crippen molar-refractivity contribution in [1.29, 1.82) is 0 Å². The van der Waals surface area contributed by atoms with Gasteiger partial charge in [-0.1, -0.05) is 42.1 Å². The summed E-state index contributed by atoms with van der Waals surface area (Å²) in [6, 6.07) is 12.2. The van der Waals surface area contributed by atoms with E-state index in [0.29, 0.717) is 19.8 Å². The van der Waals surface area contributed by atoms with E-state index in [-0.39, 0.29) is 16.7 Å². The molecule has 1 saturated heterocycles. The molecule has 6 rings (SSSR count). The number of fused-ring (bicyclic) bond motifs is 5. The topological polar surface area (TPSA) is 62.6 Å². The molecular formula is C24H24N2O4S. The molecule has 1 spiro atoms. The summed E-state index contributed by atoms with van der Waals surface area (Å²) in [5.41, 5.74) is 1.86. The zero-order valence-corrected chi connectivity index (χ0v) is 18.2. The Hall–Kier alpha value is -2.35. The zero-order chi connectivity index (χ0) is 21.0. The van der Waals surface area contributed by atoms with Gasteiger partial charge in [0, 0.05) is 17.9 Å². The normalized spacial score (nSPS) is 23.8. The van der Waals surface area contributed by atoms with Crippen molar-refractivity contribution in [1.82, 2.24) is 9.55 Å². The van der Waals surface area contributed by atoms with Crippen LogP contribution >= 0.6 is 11.8 Å². The third kappa shape index (κ3) is 2.94. The number of hydrogen-bond acceptors (Lipinski definition) is 6. The Morgan fingerprint density at radius 2 is 2.06 bits per heavy atom. The largest absolute Gasteiger partial charge is 0.496 e. The molecule has 2 aromatic carbocycles. The van der Waals surface area contributed by atoms with Gasteiger partial charge in [0.2, 0.25) is 0 Å². The minimum absolute atomic E-state index is 0.0371. The van der Waals surface area contributed by atoms with E-state index in [9.17, 15) is 4.79 Å². The number of rotatable bonds is 3. The predicted octanol–water partition coefficient (Wildman–Crippen LogP) is 3.94. The summed E-state index contributed by atoms with van der Waals surface area (Å²) in [6.45, 7) is 1.67. The summed E-state index contributed by atoms with van der Waals surface area (Å²) >= 11 is 1.66. The van der Waals surface area contributed by atoms with Crippen LogP contribution in [0, 0.1) is 0 Å². The number of thioether (sulfide) groups is 1. The van der Waals surface area contributed by atoms with Gasteiger partial charge in [-0.2, -0.15) is 0 Å². The van der Waals surface area contributed by atoms with Crippen molar-refractivity contribution < 1.29 is 14.2 Å². The molecule has 2 fully saturated rings. The minimum Gasteiger partial charge on any atom is -0.496 e. The van der Waals surface area contributed by atoms with Crippen LogP contribution in [-0.4, -0.2) is 40.9 Å². The third-order valence-electron chi connectivity index (χ3n) is 6.81. The van der Waals surface area contributed by atoms with Crippen molar-refractivity contribution >= 4 is 22.5 Å². The molecule has 1 saturated carbocycles. The van der Waals surface area contributed by atoms with Gasteiger partial charge in [0.1, 0.15) is 10.8 Å². The lowest BCUT2D eigenvalue weighted by Crippen LogP contribution is -2.46. The molecule has 160 valence electrons. The Morgan fingerprint density at radius 1 is 1.23 bits per heavy atom. The fraction of sp³-hybridized carbons (Fsp3) is 0.417. The van der Waals surface area contributed by atoms with Gasteiger partial charge in [-0.15, -0.1) is 0 Å². The molecular weight excluding hydrogens is 412 g/mol. The molecule has 3 heterocycles. The summed E-state index contributed by atoms with van der Waals surface area (Å²) in [6.07, 6.45) is 4.52. The second-order valence-electron chi connectivity index (χ2n) is 8.41. The minimum atomic E-state index is -0.565. The molecule has 1 aliphatic carbocycles. The van der Waals surface area contributed by atoms with Crippen LogP contribution in [0.15, 0.2) is 52.5 Å². The van der Waals surface area contributed by atoms with Gasteiger partial charge in [-0.3, -0.25) is 9.36 Å². The maximum atomic E-state index is 13.6. The van der Waals surface area contributed by atoms with E-state index in [0.717, 1.165) is 51.9 Å². The Morgan fingerprint density at radius 3 is 2.90 bits per heavy atom. The first-order valence-corrected chi connectivity index (χ1v) is 11.7. The first kappa shape index (κ1) is 19.3. The fourth-order valence-corrected chi connectivity index (χ4v) is 6.97.